The van der Waals surface area contributed by atoms with Crippen LogP contribution in [0, 0.1) is 11.3 Å². The topological polar surface area (TPSA) is 35.8 Å². The van der Waals surface area contributed by atoms with Gasteiger partial charge in [-0.15, -0.1) is 0 Å². The van der Waals surface area contributed by atoms with E-state index in [1.54, 1.807) is 0 Å². The molecule has 0 unspecified atom stereocenters. The second kappa shape index (κ2) is 6.66. The zero-order valence-electron chi connectivity index (χ0n) is 10.5. The van der Waals surface area contributed by atoms with Gasteiger partial charge in [-0.25, -0.2) is 0 Å². The summed E-state index contributed by atoms with van der Waals surface area (Å²) in [6.07, 6.45) is 3.77. The van der Waals surface area contributed by atoms with Crippen LogP contribution in [0.1, 0.15) is 39.5 Å². The summed E-state index contributed by atoms with van der Waals surface area (Å²) in [6.45, 7) is 4.23. The number of benzene rings is 1. The fourth-order valence-electron chi connectivity index (χ4n) is 2.09. The van der Waals surface area contributed by atoms with Crippen molar-refractivity contribution in [2.24, 2.45) is 0 Å². The van der Waals surface area contributed by atoms with Crippen molar-refractivity contribution in [1.29, 1.82) is 5.26 Å². The molecule has 0 aliphatic rings. The Morgan fingerprint density at radius 3 is 2.41 bits per heavy atom. The monoisotopic (exact) mass is 294 g/mol. The van der Waals surface area contributed by atoms with Crippen LogP contribution in [0.25, 0.3) is 0 Å². The summed E-state index contributed by atoms with van der Waals surface area (Å²) in [7, 11) is 0. The summed E-state index contributed by atoms with van der Waals surface area (Å²) in [5, 5.41) is 12.8. The third-order valence-corrected chi connectivity index (χ3v) is 3.27. The highest BCUT2D eigenvalue weighted by Gasteiger charge is 2.27. The Hall–Kier alpha value is -1.01. The van der Waals surface area contributed by atoms with Gasteiger partial charge in [-0.2, -0.15) is 5.26 Å². The lowest BCUT2D eigenvalue weighted by Crippen LogP contribution is -2.36. The average molecular weight is 295 g/mol. The summed E-state index contributed by atoms with van der Waals surface area (Å²) >= 11 is 3.45. The number of rotatable bonds is 6. The lowest BCUT2D eigenvalue weighted by atomic mass is 9.90. The minimum absolute atomic E-state index is 0.426. The molecule has 0 radical (unpaired) electrons. The van der Waals surface area contributed by atoms with Gasteiger partial charge in [-0.1, -0.05) is 48.7 Å². The molecule has 92 valence electrons. The number of hydrogen-bond donors (Lipinski definition) is 1. The maximum Gasteiger partial charge on any atom is 0.125 e. The molecule has 3 heteroatoms. The van der Waals surface area contributed by atoms with Gasteiger partial charge in [-0.05, 0) is 31.0 Å². The zero-order valence-corrected chi connectivity index (χ0v) is 12.0. The van der Waals surface area contributed by atoms with Crippen LogP contribution in [-0.4, -0.2) is 5.54 Å². The Labute approximate surface area is 112 Å². The average Bonchev–Trinajstić information content (AvgIpc) is 2.29. The van der Waals surface area contributed by atoms with Crippen molar-refractivity contribution in [1.82, 2.24) is 0 Å². The fourth-order valence-corrected chi connectivity index (χ4v) is 2.49. The van der Waals surface area contributed by atoms with Gasteiger partial charge in [-0.3, -0.25) is 0 Å². The van der Waals surface area contributed by atoms with Gasteiger partial charge >= 0.3 is 0 Å². The molecule has 0 heterocycles. The first kappa shape index (κ1) is 14.1. The number of nitrogens with one attached hydrogen (secondary N) is 1. The van der Waals surface area contributed by atoms with Gasteiger partial charge in [0.05, 0.1) is 6.07 Å². The smallest absolute Gasteiger partial charge is 0.125 e. The highest BCUT2D eigenvalue weighted by Crippen LogP contribution is 2.26. The molecule has 0 aliphatic carbocycles. The lowest BCUT2D eigenvalue weighted by Gasteiger charge is -2.28. The molecule has 1 N–H and O–H groups in total. The van der Waals surface area contributed by atoms with Crippen molar-refractivity contribution in [2.45, 2.75) is 45.1 Å². The van der Waals surface area contributed by atoms with E-state index in [-0.39, 0.29) is 0 Å². The molecule has 0 amide bonds. The quantitative estimate of drug-likeness (QED) is 0.824. The van der Waals surface area contributed by atoms with Gasteiger partial charge in [0.1, 0.15) is 5.54 Å². The third-order valence-electron chi connectivity index (χ3n) is 2.78. The maximum absolute atomic E-state index is 9.45. The molecule has 0 saturated heterocycles. The van der Waals surface area contributed by atoms with E-state index in [2.05, 4.69) is 41.2 Å². The van der Waals surface area contributed by atoms with E-state index in [9.17, 15) is 5.26 Å². The summed E-state index contributed by atoms with van der Waals surface area (Å²) in [4.78, 5) is 0. The molecule has 0 saturated carbocycles. The highest BCUT2D eigenvalue weighted by atomic mass is 79.9. The van der Waals surface area contributed by atoms with Crippen LogP contribution in [-0.2, 0) is 0 Å². The van der Waals surface area contributed by atoms with E-state index in [1.807, 2.05) is 24.3 Å². The molecule has 1 aromatic carbocycles. The Balaban J connectivity index is 2.89. The van der Waals surface area contributed by atoms with Crippen LogP contribution in [0.15, 0.2) is 28.7 Å². The van der Waals surface area contributed by atoms with E-state index in [0.29, 0.717) is 0 Å². The summed E-state index contributed by atoms with van der Waals surface area (Å²) in [5.41, 5.74) is 0.576. The van der Waals surface area contributed by atoms with E-state index < -0.39 is 5.54 Å². The van der Waals surface area contributed by atoms with Crippen molar-refractivity contribution >= 4 is 21.6 Å². The molecular weight excluding hydrogens is 276 g/mol. The predicted molar refractivity (Wildman–Crippen MR) is 75.9 cm³/mol. The molecular formula is C14H19BrN2. The normalized spacial score (nSPS) is 10.9. The Morgan fingerprint density at radius 2 is 1.94 bits per heavy atom. The van der Waals surface area contributed by atoms with Gasteiger partial charge in [0, 0.05) is 10.2 Å². The third kappa shape index (κ3) is 4.05. The zero-order chi connectivity index (χ0) is 12.7. The number of nitrogens with zero attached hydrogens (tertiary/aromatic N) is 1. The second-order valence-corrected chi connectivity index (χ2v) is 5.24. The Kier molecular flexibility index (Phi) is 5.50. The fraction of sp³-hybridized carbons (Fsp3) is 0.500. The molecule has 1 aromatic rings. The van der Waals surface area contributed by atoms with Crippen molar-refractivity contribution in [3.63, 3.8) is 0 Å². The first-order valence-electron chi connectivity index (χ1n) is 6.11. The summed E-state index contributed by atoms with van der Waals surface area (Å²) in [5.74, 6) is 0. The van der Waals surface area contributed by atoms with Crippen LogP contribution in [0.3, 0.4) is 0 Å². The standard InChI is InChI=1S/C14H19BrN2/c1-3-8-14(11-16,9-4-2)17-13-7-5-6-12(15)10-13/h5-7,10,17H,3-4,8-9H2,1-2H3. The number of halogens is 1. The largest absolute Gasteiger partial charge is 0.367 e. The van der Waals surface area contributed by atoms with Crippen LogP contribution in [0.2, 0.25) is 0 Å². The van der Waals surface area contributed by atoms with Crippen LogP contribution in [0.4, 0.5) is 5.69 Å². The number of nitriles is 1. The van der Waals surface area contributed by atoms with Crippen LogP contribution >= 0.6 is 15.9 Å². The van der Waals surface area contributed by atoms with Crippen molar-refractivity contribution < 1.29 is 0 Å². The van der Waals surface area contributed by atoms with E-state index >= 15 is 0 Å². The SMILES string of the molecule is CCCC(C#N)(CCC)Nc1cccc(Br)c1. The molecule has 0 spiro atoms. The van der Waals surface area contributed by atoms with Gasteiger partial charge in [0.2, 0.25) is 0 Å². The lowest BCUT2D eigenvalue weighted by molar-refractivity contribution is 0.487. The molecule has 2 nitrogen and oxygen atoms in total. The maximum atomic E-state index is 9.45. The summed E-state index contributed by atoms with van der Waals surface area (Å²) < 4.78 is 1.03. The molecule has 0 aliphatic heterocycles. The first-order valence-corrected chi connectivity index (χ1v) is 6.90. The predicted octanol–water partition coefficient (Wildman–Crippen LogP) is 4.72. The molecule has 0 atom stereocenters. The molecule has 0 bridgehead atoms. The van der Waals surface area contributed by atoms with Gasteiger partial charge in [0.25, 0.3) is 0 Å². The number of anilines is 1. The van der Waals surface area contributed by atoms with Crippen molar-refractivity contribution in [3.8, 4) is 6.07 Å². The number of hydrogen-bond acceptors (Lipinski definition) is 2. The Morgan fingerprint density at radius 1 is 1.29 bits per heavy atom. The van der Waals surface area contributed by atoms with Crippen LogP contribution < -0.4 is 5.32 Å². The minimum Gasteiger partial charge on any atom is -0.367 e. The Bertz CT molecular complexity index is 389. The van der Waals surface area contributed by atoms with Crippen molar-refractivity contribution in [3.05, 3.63) is 28.7 Å². The van der Waals surface area contributed by atoms with Gasteiger partial charge < -0.3 is 5.32 Å². The van der Waals surface area contributed by atoms with E-state index in [1.165, 1.54) is 0 Å². The second-order valence-electron chi connectivity index (χ2n) is 4.33. The molecule has 1 rings (SSSR count). The minimum atomic E-state index is -0.426. The molecule has 17 heavy (non-hydrogen) atoms. The van der Waals surface area contributed by atoms with Crippen molar-refractivity contribution in [2.75, 3.05) is 5.32 Å². The molecule has 0 fully saturated rings. The van der Waals surface area contributed by atoms with E-state index in [0.717, 1.165) is 35.8 Å². The first-order chi connectivity index (χ1) is 8.15. The highest BCUT2D eigenvalue weighted by molar-refractivity contribution is 9.10. The van der Waals surface area contributed by atoms with E-state index in [4.69, 9.17) is 0 Å². The van der Waals surface area contributed by atoms with Crippen LogP contribution in [0.5, 0.6) is 0 Å². The molecule has 0 aromatic heterocycles. The van der Waals surface area contributed by atoms with Gasteiger partial charge in [0.15, 0.2) is 0 Å². The summed E-state index contributed by atoms with van der Waals surface area (Å²) in [6, 6.07) is 10.4.